The summed E-state index contributed by atoms with van der Waals surface area (Å²) in [7, 11) is -3.84. The van der Waals surface area contributed by atoms with Gasteiger partial charge in [-0.2, -0.15) is 0 Å². The monoisotopic (exact) mass is 328 g/mol. The number of sulfonamides is 1. The molecule has 0 heterocycles. The van der Waals surface area contributed by atoms with E-state index in [-0.39, 0.29) is 17.1 Å². The molecule has 0 radical (unpaired) electrons. The fourth-order valence-electron chi connectivity index (χ4n) is 1.84. The Morgan fingerprint density at radius 1 is 1.19 bits per heavy atom. The van der Waals surface area contributed by atoms with E-state index < -0.39 is 15.8 Å². The minimum absolute atomic E-state index is 0.00616. The molecule has 2 aromatic carbocycles. The van der Waals surface area contributed by atoms with E-state index in [9.17, 15) is 12.8 Å². The second-order valence-electron chi connectivity index (χ2n) is 4.46. The maximum atomic E-state index is 13.1. The molecular formula is C14H14ClFN2O2S. The molecule has 7 heteroatoms. The summed E-state index contributed by atoms with van der Waals surface area (Å²) in [6, 6.07) is 10.4. The second kappa shape index (κ2) is 6.43. The predicted octanol–water partition coefficient (Wildman–Crippen LogP) is 2.58. The number of nitrogen functional groups attached to an aromatic ring is 1. The lowest BCUT2D eigenvalue weighted by Gasteiger charge is -2.09. The standard InChI is InChI=1S/C14H14ClFN2O2S/c15-11-3-1-2-10(8-11)6-7-18-21(19,20)14-9-12(16)4-5-13(14)17/h1-5,8-9,18H,6-7,17H2. The molecule has 0 spiro atoms. The fraction of sp³-hybridized carbons (Fsp3) is 0.143. The van der Waals surface area contributed by atoms with Gasteiger partial charge in [-0.1, -0.05) is 23.7 Å². The second-order valence-corrected chi connectivity index (χ2v) is 6.63. The largest absolute Gasteiger partial charge is 0.398 e. The number of hydrogen-bond acceptors (Lipinski definition) is 3. The quantitative estimate of drug-likeness (QED) is 0.829. The van der Waals surface area contributed by atoms with Gasteiger partial charge in [0.15, 0.2) is 0 Å². The number of rotatable bonds is 5. The van der Waals surface area contributed by atoms with Crippen LogP contribution in [0.1, 0.15) is 5.56 Å². The lowest BCUT2D eigenvalue weighted by Crippen LogP contribution is -2.26. The SMILES string of the molecule is Nc1ccc(F)cc1S(=O)(=O)NCCc1cccc(Cl)c1. The number of nitrogens with two attached hydrogens (primary N) is 1. The minimum atomic E-state index is -3.84. The van der Waals surface area contributed by atoms with Gasteiger partial charge >= 0.3 is 0 Å². The molecule has 0 saturated heterocycles. The molecule has 112 valence electrons. The van der Waals surface area contributed by atoms with Crippen LogP contribution in [0.15, 0.2) is 47.4 Å². The average Bonchev–Trinajstić information content (AvgIpc) is 2.41. The Hall–Kier alpha value is -1.63. The zero-order chi connectivity index (χ0) is 15.5. The molecule has 0 bridgehead atoms. The smallest absolute Gasteiger partial charge is 0.242 e. The summed E-state index contributed by atoms with van der Waals surface area (Å²) in [5.41, 5.74) is 6.48. The fourth-order valence-corrected chi connectivity index (χ4v) is 3.23. The Labute approximate surface area is 127 Å². The summed E-state index contributed by atoms with van der Waals surface area (Å²) in [6.07, 6.45) is 0.467. The van der Waals surface area contributed by atoms with E-state index in [1.807, 2.05) is 6.07 Å². The molecule has 0 atom stereocenters. The van der Waals surface area contributed by atoms with Crippen LogP contribution < -0.4 is 10.5 Å². The summed E-state index contributed by atoms with van der Waals surface area (Å²) in [6.45, 7) is 0.165. The molecule has 0 aromatic heterocycles. The van der Waals surface area contributed by atoms with Gasteiger partial charge in [-0.3, -0.25) is 0 Å². The van der Waals surface area contributed by atoms with E-state index >= 15 is 0 Å². The van der Waals surface area contributed by atoms with E-state index in [1.165, 1.54) is 6.07 Å². The van der Waals surface area contributed by atoms with Crippen LogP contribution in [-0.4, -0.2) is 15.0 Å². The highest BCUT2D eigenvalue weighted by Gasteiger charge is 2.17. The zero-order valence-electron chi connectivity index (χ0n) is 11.0. The van der Waals surface area contributed by atoms with Crippen LogP contribution in [0.3, 0.4) is 0 Å². The summed E-state index contributed by atoms with van der Waals surface area (Å²) in [5.74, 6) is -0.653. The number of nitrogens with one attached hydrogen (secondary N) is 1. The van der Waals surface area contributed by atoms with Crippen LogP contribution in [0.4, 0.5) is 10.1 Å². The third-order valence-electron chi connectivity index (χ3n) is 2.86. The van der Waals surface area contributed by atoms with Crippen molar-refractivity contribution in [3.8, 4) is 0 Å². The molecule has 2 aromatic rings. The van der Waals surface area contributed by atoms with Gasteiger partial charge in [-0.25, -0.2) is 17.5 Å². The van der Waals surface area contributed by atoms with Crippen LogP contribution in [0.5, 0.6) is 0 Å². The maximum absolute atomic E-state index is 13.1. The van der Waals surface area contributed by atoms with Crippen molar-refractivity contribution in [3.05, 3.63) is 58.9 Å². The van der Waals surface area contributed by atoms with Gasteiger partial charge in [0.1, 0.15) is 10.7 Å². The summed E-state index contributed by atoms with van der Waals surface area (Å²) in [5, 5.41) is 0.588. The summed E-state index contributed by atoms with van der Waals surface area (Å²) in [4.78, 5) is -0.256. The predicted molar refractivity (Wildman–Crippen MR) is 81.2 cm³/mol. The van der Waals surface area contributed by atoms with Gasteiger partial charge in [0.05, 0.1) is 5.69 Å². The van der Waals surface area contributed by atoms with Crippen molar-refractivity contribution >= 4 is 27.3 Å². The minimum Gasteiger partial charge on any atom is -0.398 e. The highest BCUT2D eigenvalue weighted by Crippen LogP contribution is 2.19. The Kier molecular flexibility index (Phi) is 4.82. The first kappa shape index (κ1) is 15.8. The Balaban J connectivity index is 2.06. The average molecular weight is 329 g/mol. The Morgan fingerprint density at radius 2 is 1.95 bits per heavy atom. The first-order chi connectivity index (χ1) is 9.88. The van der Waals surface area contributed by atoms with E-state index in [4.69, 9.17) is 17.3 Å². The van der Waals surface area contributed by atoms with Gasteiger partial charge in [0, 0.05) is 11.6 Å². The Morgan fingerprint density at radius 3 is 2.67 bits per heavy atom. The van der Waals surface area contributed by atoms with Crippen molar-refractivity contribution in [1.82, 2.24) is 4.72 Å². The molecule has 0 fully saturated rings. The third-order valence-corrected chi connectivity index (χ3v) is 4.61. The molecule has 2 rings (SSSR count). The lowest BCUT2D eigenvalue weighted by atomic mass is 10.2. The molecule has 0 amide bonds. The van der Waals surface area contributed by atoms with Crippen molar-refractivity contribution in [3.63, 3.8) is 0 Å². The first-order valence-corrected chi connectivity index (χ1v) is 8.04. The van der Waals surface area contributed by atoms with E-state index in [0.717, 1.165) is 17.7 Å². The molecule has 3 N–H and O–H groups in total. The van der Waals surface area contributed by atoms with Crippen molar-refractivity contribution in [1.29, 1.82) is 0 Å². The molecular weight excluding hydrogens is 315 g/mol. The van der Waals surface area contributed by atoms with Crippen LogP contribution in [-0.2, 0) is 16.4 Å². The van der Waals surface area contributed by atoms with Gasteiger partial charge in [-0.05, 0) is 42.3 Å². The third kappa shape index (κ3) is 4.17. The van der Waals surface area contributed by atoms with Gasteiger partial charge in [0.2, 0.25) is 10.0 Å². The van der Waals surface area contributed by atoms with Crippen molar-refractivity contribution in [2.75, 3.05) is 12.3 Å². The van der Waals surface area contributed by atoms with Gasteiger partial charge in [-0.15, -0.1) is 0 Å². The van der Waals surface area contributed by atoms with E-state index in [0.29, 0.717) is 11.4 Å². The van der Waals surface area contributed by atoms with Crippen molar-refractivity contribution in [2.45, 2.75) is 11.3 Å². The van der Waals surface area contributed by atoms with Crippen LogP contribution >= 0.6 is 11.6 Å². The van der Waals surface area contributed by atoms with Crippen LogP contribution in [0.2, 0.25) is 5.02 Å². The molecule has 4 nitrogen and oxygen atoms in total. The van der Waals surface area contributed by atoms with E-state index in [2.05, 4.69) is 4.72 Å². The summed E-state index contributed by atoms with van der Waals surface area (Å²) < 4.78 is 39.7. The number of anilines is 1. The molecule has 0 saturated carbocycles. The number of halogens is 2. The lowest BCUT2D eigenvalue weighted by molar-refractivity contribution is 0.578. The van der Waals surface area contributed by atoms with Crippen LogP contribution in [0.25, 0.3) is 0 Å². The first-order valence-electron chi connectivity index (χ1n) is 6.17. The normalized spacial score (nSPS) is 11.5. The molecule has 0 aliphatic rings. The maximum Gasteiger partial charge on any atom is 0.242 e. The highest BCUT2D eigenvalue weighted by atomic mass is 35.5. The van der Waals surface area contributed by atoms with Gasteiger partial charge in [0.25, 0.3) is 0 Å². The van der Waals surface area contributed by atoms with Crippen molar-refractivity contribution < 1.29 is 12.8 Å². The topological polar surface area (TPSA) is 72.2 Å². The molecule has 0 unspecified atom stereocenters. The highest BCUT2D eigenvalue weighted by molar-refractivity contribution is 7.89. The molecule has 21 heavy (non-hydrogen) atoms. The molecule has 0 aliphatic carbocycles. The van der Waals surface area contributed by atoms with E-state index in [1.54, 1.807) is 18.2 Å². The molecule has 0 aliphatic heterocycles. The summed E-state index contributed by atoms with van der Waals surface area (Å²) >= 11 is 5.85. The van der Waals surface area contributed by atoms with Crippen molar-refractivity contribution in [2.24, 2.45) is 0 Å². The number of hydrogen-bond donors (Lipinski definition) is 2. The van der Waals surface area contributed by atoms with Gasteiger partial charge < -0.3 is 5.73 Å². The van der Waals surface area contributed by atoms with Crippen LogP contribution in [0, 0.1) is 5.82 Å². The number of benzene rings is 2. The zero-order valence-corrected chi connectivity index (χ0v) is 12.6. The Bertz CT molecular complexity index is 750.